The lowest BCUT2D eigenvalue weighted by Crippen LogP contribution is -2.24. The molecule has 4 N–H and O–H groups in total. The van der Waals surface area contributed by atoms with E-state index in [9.17, 15) is 18.0 Å². The van der Waals surface area contributed by atoms with Crippen molar-refractivity contribution in [2.24, 2.45) is 0 Å². The van der Waals surface area contributed by atoms with Crippen LogP contribution >= 0.6 is 11.3 Å². The van der Waals surface area contributed by atoms with Gasteiger partial charge in [-0.2, -0.15) is 0 Å². The number of anilines is 2. The maximum absolute atomic E-state index is 12.3. The highest BCUT2D eigenvalue weighted by molar-refractivity contribution is 7.88. The van der Waals surface area contributed by atoms with Gasteiger partial charge >= 0.3 is 6.03 Å². The van der Waals surface area contributed by atoms with Crippen LogP contribution in [0.4, 0.5) is 16.2 Å². The van der Waals surface area contributed by atoms with Crippen molar-refractivity contribution in [2.45, 2.75) is 6.42 Å². The molecule has 0 spiro atoms. The summed E-state index contributed by atoms with van der Waals surface area (Å²) in [6, 6.07) is 9.93. The Morgan fingerprint density at radius 3 is 2.19 bits per heavy atom. The molecule has 0 aliphatic carbocycles. The molecule has 0 bridgehead atoms. The number of nitrogens with one attached hydrogen (secondary N) is 4. The molecule has 1 aromatic carbocycles. The number of sulfonamides is 1. The second-order valence-electron chi connectivity index (χ2n) is 5.42. The lowest BCUT2D eigenvalue weighted by molar-refractivity contribution is 0.103. The molecule has 140 valence electrons. The fourth-order valence-electron chi connectivity index (χ4n) is 2.02. The van der Waals surface area contributed by atoms with E-state index >= 15 is 0 Å². The van der Waals surface area contributed by atoms with Gasteiger partial charge in [-0.3, -0.25) is 4.79 Å². The molecule has 10 heteroatoms. The zero-order valence-electron chi connectivity index (χ0n) is 14.3. The SMILES string of the molecule is CNC(=O)Nc1ccc(NC(=O)c2ccc(CCNS(C)(=O)=O)s2)cc1. The van der Waals surface area contributed by atoms with Gasteiger partial charge in [-0.05, 0) is 42.8 Å². The van der Waals surface area contributed by atoms with Crippen LogP contribution in [0.25, 0.3) is 0 Å². The van der Waals surface area contributed by atoms with Crippen LogP contribution in [-0.4, -0.2) is 40.2 Å². The minimum absolute atomic E-state index is 0.246. The molecule has 1 aromatic heterocycles. The summed E-state index contributed by atoms with van der Waals surface area (Å²) < 4.78 is 24.5. The van der Waals surface area contributed by atoms with E-state index in [-0.39, 0.29) is 11.9 Å². The molecule has 0 aliphatic rings. The second-order valence-corrected chi connectivity index (χ2v) is 8.42. The molecule has 2 rings (SSSR count). The van der Waals surface area contributed by atoms with Crippen LogP contribution in [-0.2, 0) is 16.4 Å². The minimum atomic E-state index is -3.21. The lowest BCUT2D eigenvalue weighted by atomic mass is 10.2. The fraction of sp³-hybridized carbons (Fsp3) is 0.250. The van der Waals surface area contributed by atoms with Crippen molar-refractivity contribution in [1.29, 1.82) is 0 Å². The first-order chi connectivity index (χ1) is 12.3. The van der Waals surface area contributed by atoms with E-state index in [0.29, 0.717) is 29.2 Å². The van der Waals surface area contributed by atoms with Gasteiger partial charge < -0.3 is 16.0 Å². The van der Waals surface area contributed by atoms with Crippen molar-refractivity contribution >= 4 is 44.7 Å². The van der Waals surface area contributed by atoms with Gasteiger partial charge in [0, 0.05) is 29.8 Å². The molecule has 0 radical (unpaired) electrons. The van der Waals surface area contributed by atoms with Crippen LogP contribution in [0.2, 0.25) is 0 Å². The van der Waals surface area contributed by atoms with Crippen molar-refractivity contribution in [3.05, 3.63) is 46.2 Å². The van der Waals surface area contributed by atoms with E-state index < -0.39 is 10.0 Å². The third-order valence-corrected chi connectivity index (χ3v) is 5.12. The predicted octanol–water partition coefficient (Wildman–Crippen LogP) is 1.84. The second kappa shape index (κ2) is 8.79. The van der Waals surface area contributed by atoms with Crippen LogP contribution in [0, 0.1) is 0 Å². The number of carbonyl (C=O) groups excluding carboxylic acids is 2. The molecule has 0 saturated carbocycles. The Morgan fingerprint density at radius 1 is 1.00 bits per heavy atom. The summed E-state index contributed by atoms with van der Waals surface area (Å²) in [7, 11) is -1.69. The van der Waals surface area contributed by atoms with Crippen LogP contribution < -0.4 is 20.7 Å². The highest BCUT2D eigenvalue weighted by Gasteiger charge is 2.10. The Kier molecular flexibility index (Phi) is 6.72. The van der Waals surface area contributed by atoms with Crippen molar-refractivity contribution in [3.63, 3.8) is 0 Å². The molecule has 0 saturated heterocycles. The first-order valence-corrected chi connectivity index (χ1v) is 10.4. The van der Waals surface area contributed by atoms with E-state index in [1.54, 1.807) is 36.4 Å². The molecular weight excluding hydrogens is 376 g/mol. The van der Waals surface area contributed by atoms with Crippen LogP contribution in [0.3, 0.4) is 0 Å². The molecule has 26 heavy (non-hydrogen) atoms. The van der Waals surface area contributed by atoms with Crippen molar-refractivity contribution in [2.75, 3.05) is 30.5 Å². The van der Waals surface area contributed by atoms with E-state index in [2.05, 4.69) is 20.7 Å². The third-order valence-electron chi connectivity index (χ3n) is 3.25. The van der Waals surface area contributed by atoms with E-state index in [4.69, 9.17) is 0 Å². The summed E-state index contributed by atoms with van der Waals surface area (Å²) in [5, 5.41) is 7.86. The van der Waals surface area contributed by atoms with E-state index in [0.717, 1.165) is 11.1 Å². The van der Waals surface area contributed by atoms with Gasteiger partial charge in [0.15, 0.2) is 0 Å². The lowest BCUT2D eigenvalue weighted by Gasteiger charge is -2.07. The van der Waals surface area contributed by atoms with Crippen LogP contribution in [0.15, 0.2) is 36.4 Å². The standard InChI is InChI=1S/C16H20N4O4S2/c1-17-16(22)20-12-5-3-11(4-6-12)19-15(21)14-8-7-13(25-14)9-10-18-26(2,23)24/h3-8,18H,9-10H2,1-2H3,(H,19,21)(H2,17,20,22). The monoisotopic (exact) mass is 396 g/mol. The number of amides is 3. The Balaban J connectivity index is 1.90. The average molecular weight is 396 g/mol. The number of carbonyl (C=O) groups is 2. The quantitative estimate of drug-likeness (QED) is 0.571. The highest BCUT2D eigenvalue weighted by Crippen LogP contribution is 2.20. The van der Waals surface area contributed by atoms with Gasteiger partial charge in [-0.15, -0.1) is 11.3 Å². The summed E-state index contributed by atoms with van der Waals surface area (Å²) in [5.74, 6) is -0.246. The maximum atomic E-state index is 12.3. The van der Waals surface area contributed by atoms with Crippen molar-refractivity contribution < 1.29 is 18.0 Å². The van der Waals surface area contributed by atoms with Gasteiger partial charge in [-0.25, -0.2) is 17.9 Å². The zero-order chi connectivity index (χ0) is 19.2. The Morgan fingerprint density at radius 2 is 1.62 bits per heavy atom. The Hall–Kier alpha value is -2.43. The minimum Gasteiger partial charge on any atom is -0.341 e. The summed E-state index contributed by atoms with van der Waals surface area (Å²) in [4.78, 5) is 25.0. The van der Waals surface area contributed by atoms with Gasteiger partial charge in [0.05, 0.1) is 11.1 Å². The van der Waals surface area contributed by atoms with Crippen molar-refractivity contribution in [1.82, 2.24) is 10.0 Å². The number of hydrogen-bond donors (Lipinski definition) is 4. The first kappa shape index (κ1) is 19.9. The average Bonchev–Trinajstić information content (AvgIpc) is 3.04. The number of urea groups is 1. The molecule has 0 aliphatic heterocycles. The molecule has 2 aromatic rings. The number of hydrogen-bond acceptors (Lipinski definition) is 5. The fourth-order valence-corrected chi connectivity index (χ4v) is 3.39. The molecular formula is C16H20N4O4S2. The normalized spacial score (nSPS) is 11.0. The van der Waals surface area contributed by atoms with Gasteiger partial charge in [0.2, 0.25) is 10.0 Å². The molecule has 0 unspecified atom stereocenters. The molecule has 3 amide bonds. The number of thiophene rings is 1. The van der Waals surface area contributed by atoms with Crippen molar-refractivity contribution in [3.8, 4) is 0 Å². The highest BCUT2D eigenvalue weighted by atomic mass is 32.2. The van der Waals surface area contributed by atoms with Gasteiger partial charge in [0.25, 0.3) is 5.91 Å². The number of rotatable bonds is 7. The predicted molar refractivity (Wildman–Crippen MR) is 103 cm³/mol. The summed E-state index contributed by atoms with van der Waals surface area (Å²) in [6.45, 7) is 0.292. The van der Waals surface area contributed by atoms with Crippen LogP contribution in [0.5, 0.6) is 0 Å². The molecule has 1 heterocycles. The van der Waals surface area contributed by atoms with E-state index in [1.807, 2.05) is 0 Å². The smallest absolute Gasteiger partial charge is 0.318 e. The zero-order valence-corrected chi connectivity index (χ0v) is 16.0. The first-order valence-electron chi connectivity index (χ1n) is 7.70. The maximum Gasteiger partial charge on any atom is 0.318 e. The van der Waals surface area contributed by atoms with Gasteiger partial charge in [-0.1, -0.05) is 0 Å². The van der Waals surface area contributed by atoms with Crippen LogP contribution in [0.1, 0.15) is 14.5 Å². The summed E-state index contributed by atoms with van der Waals surface area (Å²) in [5.41, 5.74) is 1.21. The summed E-state index contributed by atoms with van der Waals surface area (Å²) in [6.07, 6.45) is 1.63. The molecule has 0 fully saturated rings. The number of benzene rings is 1. The Bertz CT molecular complexity index is 876. The largest absolute Gasteiger partial charge is 0.341 e. The Labute approximate surface area is 156 Å². The summed E-state index contributed by atoms with van der Waals surface area (Å²) >= 11 is 1.31. The molecule has 8 nitrogen and oxygen atoms in total. The third kappa shape index (κ3) is 6.47. The molecule has 0 atom stereocenters. The van der Waals surface area contributed by atoms with Gasteiger partial charge in [0.1, 0.15) is 0 Å². The van der Waals surface area contributed by atoms with E-state index in [1.165, 1.54) is 18.4 Å². The topological polar surface area (TPSA) is 116 Å².